The summed E-state index contributed by atoms with van der Waals surface area (Å²) in [7, 11) is 0. The van der Waals surface area contributed by atoms with Gasteiger partial charge in [0.25, 0.3) is 5.91 Å². The summed E-state index contributed by atoms with van der Waals surface area (Å²) >= 11 is 0. The van der Waals surface area contributed by atoms with Gasteiger partial charge < -0.3 is 4.90 Å². The number of rotatable bonds is 10. The first-order chi connectivity index (χ1) is 16.7. The van der Waals surface area contributed by atoms with Crippen molar-refractivity contribution in [1.29, 1.82) is 0 Å². The lowest BCUT2D eigenvalue weighted by atomic mass is 10.00. The van der Waals surface area contributed by atoms with Crippen molar-refractivity contribution < 1.29 is 14.8 Å². The van der Waals surface area contributed by atoms with E-state index >= 15 is 0 Å². The predicted octanol–water partition coefficient (Wildman–Crippen LogP) is 5.42. The van der Waals surface area contributed by atoms with Crippen molar-refractivity contribution in [3.05, 3.63) is 89.8 Å². The first kappa shape index (κ1) is 23.4. The van der Waals surface area contributed by atoms with Gasteiger partial charge in [-0.05, 0) is 71.8 Å². The van der Waals surface area contributed by atoms with Crippen molar-refractivity contribution in [3.63, 3.8) is 0 Å². The van der Waals surface area contributed by atoms with Crippen LogP contribution in [-0.2, 0) is 11.2 Å². The van der Waals surface area contributed by atoms with Crippen LogP contribution in [0.5, 0.6) is 0 Å². The third kappa shape index (κ3) is 5.77. The van der Waals surface area contributed by atoms with Crippen molar-refractivity contribution in [3.8, 4) is 11.1 Å². The summed E-state index contributed by atoms with van der Waals surface area (Å²) in [6.45, 7) is 0.580. The quantitative estimate of drug-likeness (QED) is 0.243. The second-order valence-electron chi connectivity index (χ2n) is 8.46. The van der Waals surface area contributed by atoms with E-state index in [1.807, 2.05) is 17.0 Å². The van der Waals surface area contributed by atoms with Crippen LogP contribution in [0.15, 0.2) is 73.1 Å². The Balaban J connectivity index is 1.46. The third-order valence-corrected chi connectivity index (χ3v) is 6.13. The standard InChI is InChI=1S/C28H29N3O3/c32-27(30-34)8-3-1-2-4-19-31(28(33)23-15-17-29-18-16-23)26-13-11-22(12-14-26)25-10-9-21-6-5-7-24(21)20-25/h5,7,9-18,20,34H,1-4,6,8,19H2,(H,30,32). The first-order valence-electron chi connectivity index (χ1n) is 11.7. The minimum absolute atomic E-state index is 0.0579. The van der Waals surface area contributed by atoms with E-state index in [-0.39, 0.29) is 11.8 Å². The zero-order chi connectivity index (χ0) is 23.8. The maximum atomic E-state index is 13.3. The molecule has 6 heteroatoms. The molecule has 2 amide bonds. The Morgan fingerprint density at radius 2 is 1.65 bits per heavy atom. The van der Waals surface area contributed by atoms with Crippen molar-refractivity contribution in [2.45, 2.75) is 38.5 Å². The molecule has 174 valence electrons. The molecule has 0 radical (unpaired) electrons. The normalized spacial score (nSPS) is 11.8. The molecule has 4 rings (SSSR count). The van der Waals surface area contributed by atoms with Gasteiger partial charge in [-0.25, -0.2) is 5.48 Å². The maximum absolute atomic E-state index is 13.3. The Kier molecular flexibility index (Phi) is 7.83. The number of hydrogen-bond donors (Lipinski definition) is 2. The Morgan fingerprint density at radius 1 is 0.912 bits per heavy atom. The molecule has 0 saturated heterocycles. The minimum atomic E-state index is -0.367. The lowest BCUT2D eigenvalue weighted by molar-refractivity contribution is -0.129. The number of carbonyl (C=O) groups is 2. The van der Waals surface area contributed by atoms with Crippen LogP contribution in [0.4, 0.5) is 5.69 Å². The summed E-state index contributed by atoms with van der Waals surface area (Å²) in [5.74, 6) is -0.425. The topological polar surface area (TPSA) is 82.5 Å². The number of allylic oxidation sites excluding steroid dienone is 1. The SMILES string of the molecule is O=C(CCCCCCN(C(=O)c1ccncc1)c1ccc(-c2ccc3c(c2)C=CC3)cc1)NO. The van der Waals surface area contributed by atoms with E-state index in [1.165, 1.54) is 11.1 Å². The van der Waals surface area contributed by atoms with Gasteiger partial charge in [0.15, 0.2) is 0 Å². The number of hydroxylamine groups is 1. The number of fused-ring (bicyclic) bond motifs is 1. The van der Waals surface area contributed by atoms with Crippen LogP contribution >= 0.6 is 0 Å². The molecule has 1 aliphatic carbocycles. The van der Waals surface area contributed by atoms with Crippen LogP contribution in [0.2, 0.25) is 0 Å². The molecule has 1 aliphatic rings. The average Bonchev–Trinajstić information content (AvgIpc) is 3.36. The Labute approximate surface area is 199 Å². The number of benzene rings is 2. The van der Waals surface area contributed by atoms with Crippen molar-refractivity contribution >= 4 is 23.6 Å². The Hall–Kier alpha value is -3.77. The lowest BCUT2D eigenvalue weighted by Gasteiger charge is -2.23. The molecule has 0 spiro atoms. The molecule has 0 bridgehead atoms. The van der Waals surface area contributed by atoms with Gasteiger partial charge in [0.05, 0.1) is 0 Å². The van der Waals surface area contributed by atoms with Crippen molar-refractivity contribution in [2.75, 3.05) is 11.4 Å². The van der Waals surface area contributed by atoms with Crippen LogP contribution in [-0.4, -0.2) is 28.6 Å². The highest BCUT2D eigenvalue weighted by Gasteiger charge is 2.18. The molecular weight excluding hydrogens is 426 g/mol. The molecule has 2 aromatic carbocycles. The smallest absolute Gasteiger partial charge is 0.258 e. The van der Waals surface area contributed by atoms with Gasteiger partial charge in [-0.3, -0.25) is 19.8 Å². The summed E-state index contributed by atoms with van der Waals surface area (Å²) in [5.41, 5.74) is 8.01. The molecule has 1 heterocycles. The minimum Gasteiger partial charge on any atom is -0.308 e. The van der Waals surface area contributed by atoms with Crippen LogP contribution in [0.25, 0.3) is 17.2 Å². The molecule has 3 aromatic rings. The van der Waals surface area contributed by atoms with Gasteiger partial charge >= 0.3 is 0 Å². The molecule has 1 aromatic heterocycles. The number of pyridine rings is 1. The fourth-order valence-corrected chi connectivity index (χ4v) is 4.23. The number of aromatic nitrogens is 1. The maximum Gasteiger partial charge on any atom is 0.258 e. The summed E-state index contributed by atoms with van der Waals surface area (Å²) in [6, 6.07) is 18.1. The summed E-state index contributed by atoms with van der Waals surface area (Å²) in [6.07, 6.45) is 12.2. The van der Waals surface area contributed by atoms with Gasteiger partial charge in [-0.2, -0.15) is 0 Å². The molecule has 0 atom stereocenters. The molecule has 0 fully saturated rings. The zero-order valence-electron chi connectivity index (χ0n) is 19.1. The fourth-order valence-electron chi connectivity index (χ4n) is 4.23. The van der Waals surface area contributed by atoms with E-state index in [9.17, 15) is 9.59 Å². The predicted molar refractivity (Wildman–Crippen MR) is 134 cm³/mol. The molecule has 34 heavy (non-hydrogen) atoms. The Morgan fingerprint density at radius 3 is 2.41 bits per heavy atom. The van der Waals surface area contributed by atoms with E-state index in [0.717, 1.165) is 42.5 Å². The van der Waals surface area contributed by atoms with E-state index < -0.39 is 0 Å². The summed E-state index contributed by atoms with van der Waals surface area (Å²) < 4.78 is 0. The Bertz CT molecular complexity index is 1160. The van der Waals surface area contributed by atoms with Gasteiger partial charge in [-0.1, -0.05) is 49.3 Å². The number of nitrogens with one attached hydrogen (secondary N) is 1. The zero-order valence-corrected chi connectivity index (χ0v) is 19.1. The molecular formula is C28H29N3O3. The summed E-state index contributed by atoms with van der Waals surface area (Å²) in [5, 5.41) is 8.59. The van der Waals surface area contributed by atoms with Crippen LogP contribution in [0.3, 0.4) is 0 Å². The monoisotopic (exact) mass is 455 g/mol. The number of nitrogens with zero attached hydrogens (tertiary/aromatic N) is 2. The average molecular weight is 456 g/mol. The number of hydrogen-bond acceptors (Lipinski definition) is 4. The van der Waals surface area contributed by atoms with E-state index in [0.29, 0.717) is 24.9 Å². The van der Waals surface area contributed by atoms with Crippen LogP contribution < -0.4 is 10.4 Å². The molecule has 0 saturated carbocycles. The third-order valence-electron chi connectivity index (χ3n) is 6.13. The number of anilines is 1. The van der Waals surface area contributed by atoms with Gasteiger partial charge in [0.1, 0.15) is 0 Å². The molecule has 0 aliphatic heterocycles. The number of amides is 2. The van der Waals surface area contributed by atoms with Gasteiger partial charge in [-0.15, -0.1) is 0 Å². The second-order valence-corrected chi connectivity index (χ2v) is 8.46. The van der Waals surface area contributed by atoms with Gasteiger partial charge in [0.2, 0.25) is 5.91 Å². The van der Waals surface area contributed by atoms with Crippen molar-refractivity contribution in [1.82, 2.24) is 10.5 Å². The number of carbonyl (C=O) groups excluding carboxylic acids is 2. The first-order valence-corrected chi connectivity index (χ1v) is 11.7. The second kappa shape index (κ2) is 11.4. The molecule has 2 N–H and O–H groups in total. The van der Waals surface area contributed by atoms with Gasteiger partial charge in [0, 0.05) is 36.6 Å². The highest BCUT2D eigenvalue weighted by atomic mass is 16.5. The van der Waals surface area contributed by atoms with Crippen LogP contribution in [0.1, 0.15) is 53.6 Å². The molecule has 6 nitrogen and oxygen atoms in total. The fraction of sp³-hybridized carbons (Fsp3) is 0.250. The molecule has 0 unspecified atom stereocenters. The van der Waals surface area contributed by atoms with E-state index in [1.54, 1.807) is 30.0 Å². The van der Waals surface area contributed by atoms with E-state index in [4.69, 9.17) is 5.21 Å². The van der Waals surface area contributed by atoms with Crippen LogP contribution in [0, 0.1) is 0 Å². The lowest BCUT2D eigenvalue weighted by Crippen LogP contribution is -2.32. The highest BCUT2D eigenvalue weighted by molar-refractivity contribution is 6.06. The number of unbranched alkanes of at least 4 members (excludes halogenated alkanes) is 3. The van der Waals surface area contributed by atoms with Crippen molar-refractivity contribution in [2.24, 2.45) is 0 Å². The largest absolute Gasteiger partial charge is 0.308 e. The summed E-state index contributed by atoms with van der Waals surface area (Å²) in [4.78, 5) is 30.3. The highest BCUT2D eigenvalue weighted by Crippen LogP contribution is 2.29. The van der Waals surface area contributed by atoms with E-state index in [2.05, 4.69) is 47.5 Å².